The highest BCUT2D eigenvalue weighted by atomic mass is 79.9. The number of carbonyl (C=O) groups excluding carboxylic acids is 2. The number of nitrogens with zero attached hydrogens (tertiary/aromatic N) is 1. The van der Waals surface area contributed by atoms with Crippen LogP contribution < -0.4 is 0 Å². The summed E-state index contributed by atoms with van der Waals surface area (Å²) in [4.78, 5) is 27.7. The molecule has 2 aromatic rings. The van der Waals surface area contributed by atoms with Crippen LogP contribution in [0.25, 0.3) is 0 Å². The molecule has 1 aromatic heterocycles. The third-order valence-electron chi connectivity index (χ3n) is 5.62. The van der Waals surface area contributed by atoms with Crippen LogP contribution in [-0.4, -0.2) is 16.6 Å². The number of allylic oxidation sites excluding steroid dienone is 2. The van der Waals surface area contributed by atoms with Crippen LogP contribution in [-0.2, 0) is 11.3 Å². The van der Waals surface area contributed by atoms with Crippen LogP contribution in [0.3, 0.4) is 0 Å². The molecule has 5 heteroatoms. The number of ketones is 1. The van der Waals surface area contributed by atoms with E-state index in [1.807, 2.05) is 57.3 Å². The topological polar surface area (TPSA) is 37.4 Å². The number of halogens is 1. The van der Waals surface area contributed by atoms with Crippen molar-refractivity contribution in [2.75, 3.05) is 0 Å². The van der Waals surface area contributed by atoms with Gasteiger partial charge in [0.1, 0.15) is 0 Å². The zero-order valence-corrected chi connectivity index (χ0v) is 17.8. The maximum Gasteiger partial charge on any atom is 0.233 e. The van der Waals surface area contributed by atoms with Crippen LogP contribution in [0.4, 0.5) is 0 Å². The Hall–Kier alpha value is -1.72. The summed E-state index contributed by atoms with van der Waals surface area (Å²) in [5, 5.41) is 1.99. The van der Waals surface area contributed by atoms with Crippen molar-refractivity contribution in [1.82, 2.24) is 4.90 Å². The van der Waals surface area contributed by atoms with E-state index in [1.165, 1.54) is 0 Å². The van der Waals surface area contributed by atoms with E-state index in [2.05, 4.69) is 15.9 Å². The van der Waals surface area contributed by atoms with Crippen LogP contribution in [0.2, 0.25) is 0 Å². The molecule has 0 aliphatic carbocycles. The van der Waals surface area contributed by atoms with Gasteiger partial charge in [-0.25, -0.2) is 0 Å². The molecule has 0 atom stereocenters. The van der Waals surface area contributed by atoms with E-state index < -0.39 is 10.8 Å². The van der Waals surface area contributed by atoms with Gasteiger partial charge in [-0.1, -0.05) is 58.0 Å². The minimum absolute atomic E-state index is 0.0488. The minimum Gasteiger partial charge on any atom is -0.310 e. The zero-order valence-electron chi connectivity index (χ0n) is 15.4. The van der Waals surface area contributed by atoms with E-state index in [0.717, 1.165) is 15.0 Å². The van der Waals surface area contributed by atoms with Gasteiger partial charge < -0.3 is 4.90 Å². The fourth-order valence-electron chi connectivity index (χ4n) is 3.20. The molecule has 1 saturated heterocycles. The fraction of sp³-hybridized carbons (Fsp3) is 0.333. The van der Waals surface area contributed by atoms with E-state index in [0.29, 0.717) is 12.1 Å². The van der Waals surface area contributed by atoms with E-state index in [-0.39, 0.29) is 11.7 Å². The molecule has 3 rings (SSSR count). The molecule has 3 nitrogen and oxygen atoms in total. The minimum atomic E-state index is -0.585. The third-order valence-corrected chi connectivity index (χ3v) is 7.43. The molecule has 1 aromatic carbocycles. The second kappa shape index (κ2) is 6.78. The molecule has 0 N–H and O–H groups in total. The predicted molar refractivity (Wildman–Crippen MR) is 109 cm³/mol. The average Bonchev–Trinajstić information content (AvgIpc) is 3.06. The second-order valence-corrected chi connectivity index (χ2v) is 9.85. The van der Waals surface area contributed by atoms with Crippen molar-refractivity contribution in [3.63, 3.8) is 0 Å². The van der Waals surface area contributed by atoms with Crippen molar-refractivity contribution < 1.29 is 9.59 Å². The molecule has 0 unspecified atom stereocenters. The molecule has 0 saturated carbocycles. The number of carbonyl (C=O) groups is 2. The lowest BCUT2D eigenvalue weighted by molar-refractivity contribution is -0.136. The van der Waals surface area contributed by atoms with Gasteiger partial charge in [-0.3, -0.25) is 9.59 Å². The van der Waals surface area contributed by atoms with Gasteiger partial charge in [0, 0.05) is 22.8 Å². The Balaban J connectivity index is 2.05. The molecule has 1 fully saturated rings. The molecule has 1 aliphatic heterocycles. The first-order valence-electron chi connectivity index (χ1n) is 8.51. The normalized spacial score (nSPS) is 20.0. The van der Waals surface area contributed by atoms with Gasteiger partial charge in [-0.05, 0) is 32.9 Å². The number of benzene rings is 1. The van der Waals surface area contributed by atoms with Gasteiger partial charge in [0.2, 0.25) is 5.91 Å². The van der Waals surface area contributed by atoms with Crippen LogP contribution in [0, 0.1) is 10.8 Å². The Bertz CT molecular complexity index is 880. The quantitative estimate of drug-likeness (QED) is 0.461. The van der Waals surface area contributed by atoms with Gasteiger partial charge in [0.05, 0.1) is 15.7 Å². The predicted octanol–water partition coefficient (Wildman–Crippen LogP) is 5.67. The van der Waals surface area contributed by atoms with Crippen LogP contribution in [0.15, 0.2) is 57.3 Å². The van der Waals surface area contributed by atoms with Crippen molar-refractivity contribution in [2.24, 2.45) is 10.8 Å². The largest absolute Gasteiger partial charge is 0.310 e. The summed E-state index contributed by atoms with van der Waals surface area (Å²) < 4.78 is 1.02. The highest BCUT2D eigenvalue weighted by molar-refractivity contribution is 9.11. The number of likely N-dealkylation sites (tertiary alicyclic amines) is 1. The molecular weight excluding hydrogens is 410 g/mol. The Morgan fingerprint density at radius 1 is 1.12 bits per heavy atom. The summed E-state index contributed by atoms with van der Waals surface area (Å²) in [5.41, 5.74) is 1.42. The van der Waals surface area contributed by atoms with Crippen molar-refractivity contribution in [3.8, 4) is 0 Å². The van der Waals surface area contributed by atoms with Crippen LogP contribution in [0.5, 0.6) is 0 Å². The Morgan fingerprint density at radius 2 is 1.77 bits per heavy atom. The Labute approximate surface area is 166 Å². The maximum absolute atomic E-state index is 13.2. The maximum atomic E-state index is 13.2. The summed E-state index contributed by atoms with van der Waals surface area (Å²) in [6.07, 6.45) is 1.64. The van der Waals surface area contributed by atoms with Gasteiger partial charge in [0.25, 0.3) is 0 Å². The molecule has 2 heterocycles. The summed E-state index contributed by atoms with van der Waals surface area (Å²) in [7, 11) is 0. The lowest BCUT2D eigenvalue weighted by Crippen LogP contribution is -2.34. The molecule has 0 radical (unpaired) electrons. The van der Waals surface area contributed by atoms with Crippen molar-refractivity contribution in [3.05, 3.63) is 68.5 Å². The summed E-state index contributed by atoms with van der Waals surface area (Å²) in [6, 6.07) is 11.2. The number of hydrogen-bond donors (Lipinski definition) is 0. The smallest absolute Gasteiger partial charge is 0.233 e. The Kier molecular flexibility index (Phi) is 4.97. The number of hydrogen-bond acceptors (Lipinski definition) is 3. The van der Waals surface area contributed by atoms with Crippen LogP contribution in [0.1, 0.15) is 43.6 Å². The van der Waals surface area contributed by atoms with Crippen LogP contribution >= 0.6 is 27.3 Å². The number of amides is 1. The monoisotopic (exact) mass is 431 g/mol. The molecule has 136 valence electrons. The summed E-state index contributed by atoms with van der Waals surface area (Å²) in [6.45, 7) is 8.46. The lowest BCUT2D eigenvalue weighted by Gasteiger charge is -2.31. The zero-order chi connectivity index (χ0) is 19.1. The van der Waals surface area contributed by atoms with Crippen molar-refractivity contribution in [2.45, 2.75) is 34.2 Å². The van der Waals surface area contributed by atoms with Crippen molar-refractivity contribution >= 4 is 39.0 Å². The highest BCUT2D eigenvalue weighted by Gasteiger charge is 2.56. The average molecular weight is 432 g/mol. The molecule has 26 heavy (non-hydrogen) atoms. The highest BCUT2D eigenvalue weighted by Crippen LogP contribution is 2.53. The standard InChI is InChI=1S/C21H22BrNO2S/c1-20(2)17(12-16(24)14-8-6-5-7-9-14)23(19(25)21(20,3)4)13-15-10-11-26-18(15)22/h5-12H,13H2,1-4H3/b17-12-. The third kappa shape index (κ3) is 3.08. The number of rotatable bonds is 4. The first kappa shape index (κ1) is 19.1. The molecule has 0 spiro atoms. The molecule has 1 amide bonds. The van der Waals surface area contributed by atoms with Crippen molar-refractivity contribution in [1.29, 1.82) is 0 Å². The van der Waals surface area contributed by atoms with E-state index >= 15 is 0 Å². The first-order chi connectivity index (χ1) is 12.2. The van der Waals surface area contributed by atoms with Gasteiger partial charge in [-0.15, -0.1) is 11.3 Å². The van der Waals surface area contributed by atoms with Gasteiger partial charge in [0.15, 0.2) is 5.78 Å². The lowest BCUT2D eigenvalue weighted by atomic mass is 9.68. The summed E-state index contributed by atoms with van der Waals surface area (Å²) in [5.74, 6) is -0.0266. The van der Waals surface area contributed by atoms with Gasteiger partial charge in [-0.2, -0.15) is 0 Å². The second-order valence-electron chi connectivity index (χ2n) is 7.62. The fourth-order valence-corrected chi connectivity index (χ4v) is 4.42. The number of thiophene rings is 1. The molecule has 0 bridgehead atoms. The van der Waals surface area contributed by atoms with E-state index in [1.54, 1.807) is 34.4 Å². The molecular formula is C21H22BrNO2S. The SMILES string of the molecule is CC1(C)C(=O)N(Cc2ccsc2Br)/C(=C\C(=O)c2ccccc2)C1(C)C. The van der Waals surface area contributed by atoms with E-state index in [9.17, 15) is 9.59 Å². The Morgan fingerprint density at radius 3 is 2.35 bits per heavy atom. The summed E-state index contributed by atoms with van der Waals surface area (Å²) >= 11 is 5.15. The molecule has 1 aliphatic rings. The van der Waals surface area contributed by atoms with E-state index in [4.69, 9.17) is 0 Å². The van der Waals surface area contributed by atoms with Gasteiger partial charge >= 0.3 is 0 Å². The first-order valence-corrected chi connectivity index (χ1v) is 10.2.